The first-order chi connectivity index (χ1) is 50.9. The van der Waals surface area contributed by atoms with Gasteiger partial charge in [0.15, 0.2) is 0 Å². The van der Waals surface area contributed by atoms with Crippen molar-refractivity contribution < 1.29 is 58.3 Å². The van der Waals surface area contributed by atoms with E-state index in [-0.39, 0.29) is 55.2 Å². The zero-order chi connectivity index (χ0) is 72.9. The molecular formula is C80H56As3ClO15S6. The van der Waals surface area contributed by atoms with E-state index < -0.39 is 54.9 Å². The van der Waals surface area contributed by atoms with Crippen molar-refractivity contribution in [2.75, 3.05) is 34.5 Å². The summed E-state index contributed by atoms with van der Waals surface area (Å²) in [6.07, 6.45) is 0.427. The van der Waals surface area contributed by atoms with Crippen LogP contribution in [0.1, 0.15) is 47.8 Å². The molecule has 0 bridgehead atoms. The minimum absolute atomic E-state index is 0.0116. The van der Waals surface area contributed by atoms with E-state index in [0.717, 1.165) is 65.3 Å². The molecule has 8 aromatic carbocycles. The maximum atomic E-state index is 13.2. The van der Waals surface area contributed by atoms with E-state index in [0.29, 0.717) is 117 Å². The topological polar surface area (TPSA) is 263 Å². The van der Waals surface area contributed by atoms with Gasteiger partial charge in [-0.2, -0.15) is 0 Å². The Labute approximate surface area is 637 Å². The van der Waals surface area contributed by atoms with Gasteiger partial charge >= 0.3 is 644 Å². The second-order valence-electron chi connectivity index (χ2n) is 24.1. The van der Waals surface area contributed by atoms with Gasteiger partial charge in [0.05, 0.1) is 0 Å². The van der Waals surface area contributed by atoms with E-state index in [1.54, 1.807) is 122 Å². The van der Waals surface area contributed by atoms with E-state index in [1.807, 2.05) is 133 Å². The molecule has 17 rings (SSSR count). The molecule has 8 aromatic rings. The summed E-state index contributed by atoms with van der Waals surface area (Å²) in [6, 6.07) is 57.9. The van der Waals surface area contributed by atoms with Crippen LogP contribution in [0.5, 0.6) is 17.2 Å². The number of rotatable bonds is 12. The standard InChI is InChI=1S/C29H21AsO5S2.C28H19AsO5S2.C23H16AsClO5S2/c31-23-12-10-20-25(18-8-4-5-9-19(18)29(33)34)21-11-13-24(32)26(30-36-14-15-37-30)28(21)35-27(20)22(23)16-17-6-2-1-3-7-17;30-21-12-10-19-24(17-8-4-5-9-18(17)28(32)33)20-11-13-22(31)25(29-35-14-15-36-29)27(20)34-26(19)23(21)16-6-2-1-3-7-16;1-11-17(26)7-6-14-18(12-4-2-3-5-13(12)23(28)29)15-10-16(25)20(27)19(22(15)30-21(11)14)24-31-8-9-32-24/h1-13,31H,14-16H2,(H,33,34);1-13,31H,14-15H2,(H,32,33);2-7,10,27H,8-9H2,1H3,(H,28,29). The first-order valence-electron chi connectivity index (χ1n) is 32.6. The number of carboxylic acid groups (broad SMARTS) is 3. The summed E-state index contributed by atoms with van der Waals surface area (Å²) in [5, 5.41) is 65.0. The molecule has 0 radical (unpaired) electrons. The van der Waals surface area contributed by atoms with Crippen LogP contribution in [0.3, 0.4) is 0 Å². The number of carbonyl (C=O) groups is 3. The Kier molecular flexibility index (Phi) is 21.3. The van der Waals surface area contributed by atoms with Gasteiger partial charge in [0.25, 0.3) is 0 Å². The molecule has 0 spiro atoms. The fourth-order valence-electron chi connectivity index (χ4n) is 13.3. The van der Waals surface area contributed by atoms with Crippen LogP contribution in [0.25, 0.3) is 111 Å². The minimum atomic E-state index is -1.79. The molecule has 6 N–H and O–H groups in total. The predicted molar refractivity (Wildman–Crippen MR) is 435 cm³/mol. The summed E-state index contributed by atoms with van der Waals surface area (Å²) in [4.78, 5) is 75.4. The van der Waals surface area contributed by atoms with Crippen LogP contribution in [0.4, 0.5) is 0 Å². The van der Waals surface area contributed by atoms with Gasteiger partial charge in [-0.1, -0.05) is 0 Å². The average molecular weight is 1710 g/mol. The van der Waals surface area contributed by atoms with Crippen molar-refractivity contribution in [1.82, 2.24) is 0 Å². The molecule has 0 saturated carbocycles. The van der Waals surface area contributed by atoms with Crippen molar-refractivity contribution in [2.24, 2.45) is 0 Å². The summed E-state index contributed by atoms with van der Waals surface area (Å²) in [7, 11) is 11.1. The Balaban J connectivity index is 0.000000127. The van der Waals surface area contributed by atoms with E-state index in [4.69, 9.17) is 24.9 Å². The van der Waals surface area contributed by atoms with Crippen LogP contribution < -0.4 is 29.3 Å². The predicted octanol–water partition coefficient (Wildman–Crippen LogP) is 16.7. The SMILES string of the molecule is Cc1c2oc3c([As]4SCCS4)c(O)c(Cl)cc3c(-c3ccccc3C(=O)O)c-2ccc1=O.O=C(O)c1ccccc1-c1c2ccc(=O)c(-c3ccccc3)c-2oc2c([As]3SCCS3)c(O)ccc12.O=C(O)c1ccccc1-c1c2ccc(=O)c([As]3SCCS3)c-2oc2c(Cc3ccccc3)c(O)ccc12. The third-order valence-corrected chi connectivity index (χ3v) is 59.0. The Morgan fingerprint density at radius 1 is 0.400 bits per heavy atom. The molecule has 0 amide bonds. The molecule has 0 atom stereocenters. The van der Waals surface area contributed by atoms with Crippen LogP contribution >= 0.6 is 71.7 Å². The van der Waals surface area contributed by atoms with Crippen molar-refractivity contribution in [3.05, 3.63) is 269 Å². The molecule has 105 heavy (non-hydrogen) atoms. The van der Waals surface area contributed by atoms with E-state index in [2.05, 4.69) is 0 Å². The van der Waals surface area contributed by atoms with E-state index in [9.17, 15) is 59.4 Å². The molecule has 3 aliphatic carbocycles. The summed E-state index contributed by atoms with van der Waals surface area (Å²) >= 11 is 1.18. The third-order valence-electron chi connectivity index (χ3n) is 17.9. The van der Waals surface area contributed by atoms with Crippen LogP contribution in [-0.4, -0.2) is 120 Å². The number of halogens is 1. The number of hydrogen-bond donors (Lipinski definition) is 6. The van der Waals surface area contributed by atoms with Gasteiger partial charge in [-0.15, -0.1) is 0 Å². The average Bonchev–Trinajstić information content (AvgIpc) is 1.20. The molecule has 3 fully saturated rings. The Morgan fingerprint density at radius 2 is 0.810 bits per heavy atom. The van der Waals surface area contributed by atoms with Crippen LogP contribution in [0.15, 0.2) is 228 Å². The second-order valence-corrected chi connectivity index (χ2v) is 59.3. The molecular weight excluding hydrogens is 1650 g/mol. The quantitative estimate of drug-likeness (QED) is 0.0490. The van der Waals surface area contributed by atoms with Gasteiger partial charge in [-0.3, -0.25) is 0 Å². The van der Waals surface area contributed by atoms with Gasteiger partial charge in [0.2, 0.25) is 0 Å². The van der Waals surface area contributed by atoms with Gasteiger partial charge in [-0.05, 0) is 0 Å². The van der Waals surface area contributed by atoms with Gasteiger partial charge in [0.1, 0.15) is 0 Å². The number of aromatic carboxylic acids is 3. The first-order valence-corrected chi connectivity index (χ1v) is 55.3. The number of hydrogen-bond acceptors (Lipinski definition) is 18. The van der Waals surface area contributed by atoms with Crippen LogP contribution in [-0.2, 0) is 6.42 Å². The van der Waals surface area contributed by atoms with Crippen LogP contribution in [0.2, 0.25) is 5.02 Å². The number of phenols is 3. The van der Waals surface area contributed by atoms with Crippen molar-refractivity contribution in [2.45, 2.75) is 13.3 Å². The molecule has 15 nitrogen and oxygen atoms in total. The summed E-state index contributed by atoms with van der Waals surface area (Å²) < 4.78 is 21.8. The molecule has 3 saturated heterocycles. The zero-order valence-electron chi connectivity index (χ0n) is 55.0. The monoisotopic (exact) mass is 1710 g/mol. The van der Waals surface area contributed by atoms with E-state index in [1.165, 1.54) is 12.1 Å². The summed E-state index contributed by atoms with van der Waals surface area (Å²) in [5.74, 6) is 4.49. The Hall–Kier alpha value is -8.29. The number of benzene rings is 11. The van der Waals surface area contributed by atoms with Crippen molar-refractivity contribution >= 4 is 173 Å². The van der Waals surface area contributed by atoms with Crippen molar-refractivity contribution in [3.63, 3.8) is 0 Å². The van der Waals surface area contributed by atoms with Crippen molar-refractivity contribution in [1.29, 1.82) is 0 Å². The fourth-order valence-corrected chi connectivity index (χ4v) is 58.0. The third kappa shape index (κ3) is 13.8. The van der Waals surface area contributed by atoms with Crippen molar-refractivity contribution in [3.8, 4) is 95.7 Å². The van der Waals surface area contributed by atoms with Gasteiger partial charge < -0.3 is 0 Å². The zero-order valence-corrected chi connectivity index (χ0v) is 66.3. The normalized spacial score (nSPS) is 14.1. The Morgan fingerprint density at radius 3 is 1.35 bits per heavy atom. The molecule has 6 heterocycles. The number of aromatic hydroxyl groups is 3. The second kappa shape index (κ2) is 30.9. The first kappa shape index (κ1) is 72.3. The fraction of sp³-hybridized carbons (Fsp3) is 0.100. The molecule has 9 aliphatic rings. The van der Waals surface area contributed by atoms with Gasteiger partial charge in [-0.25, -0.2) is 0 Å². The number of fused-ring (bicyclic) bond motifs is 6. The molecule has 25 heteroatoms. The molecule has 0 unspecified atom stereocenters. The van der Waals surface area contributed by atoms with Gasteiger partial charge in [0, 0.05) is 0 Å². The molecule has 524 valence electrons. The number of phenolic OH excluding ortho intramolecular Hbond substituents is 3. The molecule has 0 aromatic heterocycles. The summed E-state index contributed by atoms with van der Waals surface area (Å²) in [6.45, 7) is 1.69. The number of carboxylic acids is 3. The summed E-state index contributed by atoms with van der Waals surface area (Å²) in [5.41, 5.74) is 10.4. The maximum absolute atomic E-state index is 13.2. The molecule has 6 aliphatic heterocycles. The van der Waals surface area contributed by atoms with E-state index >= 15 is 0 Å². The Bertz CT molecular complexity index is 5900. The van der Waals surface area contributed by atoms with Crippen LogP contribution in [0, 0.1) is 6.92 Å².